The molecule has 1 aromatic carbocycles. The maximum absolute atomic E-state index is 12.2. The van der Waals surface area contributed by atoms with Crippen LogP contribution in [0.2, 0.25) is 0 Å². The van der Waals surface area contributed by atoms with Crippen LogP contribution < -0.4 is 5.32 Å². The van der Waals surface area contributed by atoms with Gasteiger partial charge in [0.1, 0.15) is 5.82 Å². The molecule has 0 bridgehead atoms. The molecule has 0 aliphatic heterocycles. The van der Waals surface area contributed by atoms with Gasteiger partial charge in [-0.25, -0.2) is 4.98 Å². The number of benzene rings is 1. The Kier molecular flexibility index (Phi) is 4.57. The summed E-state index contributed by atoms with van der Waals surface area (Å²) in [7, 11) is 0. The zero-order valence-corrected chi connectivity index (χ0v) is 14.2. The number of aromatic nitrogens is 1. The van der Waals surface area contributed by atoms with Crippen molar-refractivity contribution < 1.29 is 4.79 Å². The highest BCUT2D eigenvalue weighted by atomic mass is 127. The molecule has 0 unspecified atom stereocenters. The van der Waals surface area contributed by atoms with E-state index >= 15 is 0 Å². The molecule has 0 radical (unpaired) electrons. The molecule has 5 heteroatoms. The van der Waals surface area contributed by atoms with Gasteiger partial charge in [-0.05, 0) is 72.3 Å². The molecule has 0 atom stereocenters. The van der Waals surface area contributed by atoms with Crippen LogP contribution in [0.15, 0.2) is 34.8 Å². The molecule has 0 fully saturated rings. The number of amides is 1. The van der Waals surface area contributed by atoms with Crippen molar-refractivity contribution in [2.75, 3.05) is 5.32 Å². The summed E-state index contributed by atoms with van der Waals surface area (Å²) in [6.07, 6.45) is 0. The lowest BCUT2D eigenvalue weighted by Gasteiger charge is -2.08. The number of hydrogen-bond donors (Lipinski definition) is 1. The summed E-state index contributed by atoms with van der Waals surface area (Å²) in [5, 5.41) is 2.83. The van der Waals surface area contributed by atoms with Crippen molar-refractivity contribution in [2.45, 2.75) is 13.8 Å². The zero-order valence-electron chi connectivity index (χ0n) is 10.5. The van der Waals surface area contributed by atoms with Crippen LogP contribution >= 0.6 is 38.5 Å². The summed E-state index contributed by atoms with van der Waals surface area (Å²) in [5.41, 5.74) is 2.60. The zero-order chi connectivity index (χ0) is 14.0. The second-order valence-electron chi connectivity index (χ2n) is 4.25. The van der Waals surface area contributed by atoms with E-state index in [1.807, 2.05) is 38.1 Å². The third-order valence-electron chi connectivity index (χ3n) is 2.51. The van der Waals surface area contributed by atoms with Crippen LogP contribution in [0.4, 0.5) is 5.82 Å². The van der Waals surface area contributed by atoms with E-state index in [4.69, 9.17) is 0 Å². The molecule has 2 aromatic rings. The highest BCUT2D eigenvalue weighted by molar-refractivity contribution is 14.1. The summed E-state index contributed by atoms with van der Waals surface area (Å²) in [4.78, 5) is 16.5. The molecule has 0 saturated carbocycles. The molecule has 1 aromatic heterocycles. The second-order valence-corrected chi connectivity index (χ2v) is 6.33. The van der Waals surface area contributed by atoms with Gasteiger partial charge >= 0.3 is 0 Å². The van der Waals surface area contributed by atoms with Crippen LogP contribution in [0.3, 0.4) is 0 Å². The van der Waals surface area contributed by atoms with E-state index in [0.29, 0.717) is 11.4 Å². The predicted molar refractivity (Wildman–Crippen MR) is 88.5 cm³/mol. The fourth-order valence-corrected chi connectivity index (χ4v) is 2.70. The summed E-state index contributed by atoms with van der Waals surface area (Å²) in [6, 6.07) is 9.44. The number of hydrogen-bond acceptors (Lipinski definition) is 2. The Morgan fingerprint density at radius 3 is 2.68 bits per heavy atom. The Morgan fingerprint density at radius 1 is 1.26 bits per heavy atom. The molecule has 0 spiro atoms. The molecule has 0 saturated heterocycles. The molecule has 98 valence electrons. The average Bonchev–Trinajstić information content (AvgIpc) is 2.30. The highest BCUT2D eigenvalue weighted by Crippen LogP contribution is 2.20. The second kappa shape index (κ2) is 6.00. The molecule has 2 rings (SSSR count). The Labute approximate surface area is 134 Å². The van der Waals surface area contributed by atoms with Gasteiger partial charge in [-0.15, -0.1) is 0 Å². The summed E-state index contributed by atoms with van der Waals surface area (Å²) >= 11 is 5.52. The van der Waals surface area contributed by atoms with Gasteiger partial charge in [-0.1, -0.05) is 15.9 Å². The van der Waals surface area contributed by atoms with Crippen LogP contribution in [0.5, 0.6) is 0 Å². The monoisotopic (exact) mass is 430 g/mol. The van der Waals surface area contributed by atoms with Gasteiger partial charge in [0.15, 0.2) is 0 Å². The van der Waals surface area contributed by atoms with Gasteiger partial charge in [0.05, 0.1) is 5.56 Å². The fraction of sp³-hybridized carbons (Fsp3) is 0.143. The smallest absolute Gasteiger partial charge is 0.257 e. The molecule has 1 N–H and O–H groups in total. The number of anilines is 1. The Morgan fingerprint density at radius 2 is 2.00 bits per heavy atom. The maximum atomic E-state index is 12.2. The number of rotatable bonds is 2. The quantitative estimate of drug-likeness (QED) is 0.721. The molecular weight excluding hydrogens is 419 g/mol. The minimum Gasteiger partial charge on any atom is -0.307 e. The largest absolute Gasteiger partial charge is 0.307 e. The molecule has 1 amide bonds. The number of carbonyl (C=O) groups is 1. The normalized spacial score (nSPS) is 10.3. The van der Waals surface area contributed by atoms with Crippen LogP contribution in [-0.2, 0) is 0 Å². The Hall–Kier alpha value is -0.950. The third kappa shape index (κ3) is 3.76. The lowest BCUT2D eigenvalue weighted by Crippen LogP contribution is -2.14. The highest BCUT2D eigenvalue weighted by Gasteiger charge is 2.11. The molecule has 3 nitrogen and oxygen atoms in total. The number of aryl methyl sites for hydroxylation is 2. The fourth-order valence-electron chi connectivity index (χ4n) is 1.76. The first-order chi connectivity index (χ1) is 8.95. The minimum absolute atomic E-state index is 0.150. The first kappa shape index (κ1) is 14.5. The topological polar surface area (TPSA) is 42.0 Å². The van der Waals surface area contributed by atoms with E-state index in [0.717, 1.165) is 19.3 Å². The van der Waals surface area contributed by atoms with Crippen molar-refractivity contribution in [1.82, 2.24) is 4.98 Å². The van der Waals surface area contributed by atoms with E-state index in [-0.39, 0.29) is 5.91 Å². The van der Waals surface area contributed by atoms with Gasteiger partial charge in [0, 0.05) is 13.7 Å². The van der Waals surface area contributed by atoms with Crippen molar-refractivity contribution in [3.8, 4) is 0 Å². The molecule has 1 heterocycles. The summed E-state index contributed by atoms with van der Waals surface area (Å²) in [6.45, 7) is 3.89. The van der Waals surface area contributed by atoms with Gasteiger partial charge in [-0.3, -0.25) is 4.79 Å². The number of halogens is 2. The summed E-state index contributed by atoms with van der Waals surface area (Å²) < 4.78 is 1.79. The number of nitrogens with zero attached hydrogens (tertiary/aromatic N) is 1. The predicted octanol–water partition coefficient (Wildman–Crippen LogP) is 4.32. The van der Waals surface area contributed by atoms with Gasteiger partial charge in [0.25, 0.3) is 5.91 Å². The lowest BCUT2D eigenvalue weighted by molar-refractivity contribution is 0.102. The summed E-state index contributed by atoms with van der Waals surface area (Å²) in [5.74, 6) is 0.432. The van der Waals surface area contributed by atoms with Crippen molar-refractivity contribution in [3.63, 3.8) is 0 Å². The van der Waals surface area contributed by atoms with Crippen molar-refractivity contribution in [3.05, 3.63) is 55.2 Å². The molecular formula is C14H12BrIN2O. The van der Waals surface area contributed by atoms with Crippen molar-refractivity contribution >= 4 is 50.2 Å². The lowest BCUT2D eigenvalue weighted by atomic mass is 10.2. The van der Waals surface area contributed by atoms with E-state index in [2.05, 4.69) is 48.8 Å². The minimum atomic E-state index is -0.150. The number of nitrogens with one attached hydrogen (secondary N) is 1. The van der Waals surface area contributed by atoms with Gasteiger partial charge in [-0.2, -0.15) is 0 Å². The number of carbonyl (C=O) groups excluding carboxylic acids is 1. The third-order valence-corrected chi connectivity index (χ3v) is 3.95. The molecule has 0 aliphatic carbocycles. The van der Waals surface area contributed by atoms with E-state index < -0.39 is 0 Å². The average molecular weight is 431 g/mol. The Balaban J connectivity index is 2.28. The number of pyridine rings is 1. The van der Waals surface area contributed by atoms with Crippen LogP contribution in [0.25, 0.3) is 0 Å². The van der Waals surface area contributed by atoms with Crippen molar-refractivity contribution in [2.24, 2.45) is 0 Å². The Bertz CT molecular complexity index is 623. The van der Waals surface area contributed by atoms with E-state index in [1.165, 1.54) is 0 Å². The maximum Gasteiger partial charge on any atom is 0.257 e. The van der Waals surface area contributed by atoms with E-state index in [1.54, 1.807) is 6.07 Å². The molecule has 19 heavy (non-hydrogen) atoms. The van der Waals surface area contributed by atoms with Gasteiger partial charge in [0.2, 0.25) is 0 Å². The van der Waals surface area contributed by atoms with Crippen molar-refractivity contribution in [1.29, 1.82) is 0 Å². The molecule has 0 aliphatic rings. The van der Waals surface area contributed by atoms with Gasteiger partial charge < -0.3 is 5.32 Å². The van der Waals surface area contributed by atoms with Crippen LogP contribution in [-0.4, -0.2) is 10.9 Å². The first-order valence-electron chi connectivity index (χ1n) is 5.67. The van der Waals surface area contributed by atoms with Crippen LogP contribution in [0.1, 0.15) is 21.6 Å². The first-order valence-corrected chi connectivity index (χ1v) is 7.54. The van der Waals surface area contributed by atoms with Crippen LogP contribution in [0, 0.1) is 17.4 Å². The SMILES string of the molecule is Cc1cc(C)nc(NC(=O)c2cc(Br)ccc2I)c1. The standard InChI is InChI=1S/C14H12BrIN2O/c1-8-5-9(2)17-13(6-8)18-14(19)11-7-10(15)3-4-12(11)16/h3-7H,1-2H3,(H,17,18,19). The van der Waals surface area contributed by atoms with E-state index in [9.17, 15) is 4.79 Å².